The lowest BCUT2D eigenvalue weighted by molar-refractivity contribution is -0.698. The Morgan fingerprint density at radius 2 is 1.47 bits per heavy atom. The third-order valence-corrected chi connectivity index (χ3v) is 1.64. The van der Waals surface area contributed by atoms with E-state index in [-0.39, 0.29) is 0 Å². The summed E-state index contributed by atoms with van der Waals surface area (Å²) >= 11 is 0. The number of aromatic nitrogens is 1. The Labute approximate surface area is 95.6 Å². The molecule has 0 N–H and O–H groups in total. The Bertz CT molecular complexity index is 421. The fourth-order valence-electron chi connectivity index (χ4n) is 1.08. The second-order valence-corrected chi connectivity index (χ2v) is 2.76. The number of pyridine rings is 1. The van der Waals surface area contributed by atoms with Gasteiger partial charge in [0.1, 0.15) is 6.54 Å². The van der Waals surface area contributed by atoms with E-state index in [9.17, 15) is 17.3 Å². The molecule has 1 aromatic heterocycles. The molecule has 3 nitrogen and oxygen atoms in total. The van der Waals surface area contributed by atoms with Crippen molar-refractivity contribution < 1.29 is 21.8 Å². The van der Waals surface area contributed by atoms with Crippen molar-refractivity contribution in [2.45, 2.75) is 13.5 Å². The zero-order valence-electron chi connectivity index (χ0n) is 8.87. The van der Waals surface area contributed by atoms with Crippen LogP contribution in [0.15, 0.2) is 18.2 Å². The fourth-order valence-corrected chi connectivity index (χ4v) is 1.08. The summed E-state index contributed by atoms with van der Waals surface area (Å²) in [4.78, 5) is 0. The molecule has 1 rings (SSSR count). The van der Waals surface area contributed by atoms with Gasteiger partial charge in [-0.1, -0.05) is 0 Å². The highest BCUT2D eigenvalue weighted by Crippen LogP contribution is 2.06. The van der Waals surface area contributed by atoms with Crippen molar-refractivity contribution >= 4 is 7.25 Å². The minimum Gasteiger partial charge on any atom is -0.418 e. The average Bonchev–Trinajstić information content (AvgIpc) is 2.25. The average molecular weight is 245 g/mol. The van der Waals surface area contributed by atoms with Crippen molar-refractivity contribution in [3.63, 3.8) is 0 Å². The topological polar surface area (TPSA) is 51.5 Å². The molecule has 0 aliphatic rings. The number of nitrogens with zero attached hydrogens (tertiary/aromatic N) is 3. The van der Waals surface area contributed by atoms with Gasteiger partial charge in [0, 0.05) is 12.1 Å². The van der Waals surface area contributed by atoms with Crippen LogP contribution in [0, 0.1) is 22.7 Å². The predicted molar refractivity (Wildman–Crippen MR) is 51.9 cm³/mol. The molecule has 0 aliphatic carbocycles. The second-order valence-electron chi connectivity index (χ2n) is 2.76. The standard InChI is InChI=1S/C9H8N3.BF4/c1-2-12-8(6-10)4-3-5-9(12)7-11;2-1(3,4)5/h3-5H,2H2,1H3;/q+1;-1. The normalized spacial score (nSPS) is 9.59. The van der Waals surface area contributed by atoms with E-state index in [2.05, 4.69) is 0 Å². The van der Waals surface area contributed by atoms with Gasteiger partial charge in [-0.15, -0.1) is 0 Å². The minimum absolute atomic E-state index is 0.525. The van der Waals surface area contributed by atoms with E-state index >= 15 is 0 Å². The molecule has 0 atom stereocenters. The van der Waals surface area contributed by atoms with Gasteiger partial charge in [-0.05, 0) is 13.0 Å². The van der Waals surface area contributed by atoms with Crippen LogP contribution in [0.1, 0.15) is 18.3 Å². The van der Waals surface area contributed by atoms with Crippen molar-refractivity contribution in [1.29, 1.82) is 10.5 Å². The van der Waals surface area contributed by atoms with Crippen LogP contribution in [0.3, 0.4) is 0 Å². The highest BCUT2D eigenvalue weighted by Gasteiger charge is 2.20. The van der Waals surface area contributed by atoms with E-state index < -0.39 is 7.25 Å². The number of halogens is 4. The number of hydrogen-bond donors (Lipinski definition) is 0. The summed E-state index contributed by atoms with van der Waals surface area (Å²) in [7, 11) is -6.00. The Morgan fingerprint density at radius 1 is 1.12 bits per heavy atom. The lowest BCUT2D eigenvalue weighted by Crippen LogP contribution is -2.39. The monoisotopic (exact) mass is 245 g/mol. The molecule has 17 heavy (non-hydrogen) atoms. The summed E-state index contributed by atoms with van der Waals surface area (Å²) in [6.07, 6.45) is 0. The molecule has 0 radical (unpaired) electrons. The highest BCUT2D eigenvalue weighted by atomic mass is 19.5. The lowest BCUT2D eigenvalue weighted by Gasteiger charge is -1.94. The fraction of sp³-hybridized carbons (Fsp3) is 0.222. The van der Waals surface area contributed by atoms with Crippen molar-refractivity contribution in [3.05, 3.63) is 29.6 Å². The van der Waals surface area contributed by atoms with Gasteiger partial charge in [0.2, 0.25) is 0 Å². The van der Waals surface area contributed by atoms with Gasteiger partial charge in [0.05, 0.1) is 0 Å². The molecule has 0 spiro atoms. The van der Waals surface area contributed by atoms with E-state index in [4.69, 9.17) is 10.5 Å². The third kappa shape index (κ3) is 6.16. The zero-order valence-corrected chi connectivity index (χ0v) is 8.87. The van der Waals surface area contributed by atoms with Crippen LogP contribution in [0.5, 0.6) is 0 Å². The van der Waals surface area contributed by atoms with Gasteiger partial charge >= 0.3 is 7.25 Å². The van der Waals surface area contributed by atoms with Crippen LogP contribution in [0.2, 0.25) is 0 Å². The molecule has 0 fully saturated rings. The van der Waals surface area contributed by atoms with E-state index in [0.29, 0.717) is 17.9 Å². The van der Waals surface area contributed by atoms with Crippen LogP contribution < -0.4 is 4.57 Å². The van der Waals surface area contributed by atoms with Crippen LogP contribution in [-0.4, -0.2) is 7.25 Å². The van der Waals surface area contributed by atoms with E-state index in [1.54, 1.807) is 22.8 Å². The first-order chi connectivity index (χ1) is 7.83. The van der Waals surface area contributed by atoms with Gasteiger partial charge < -0.3 is 17.3 Å². The largest absolute Gasteiger partial charge is 0.673 e. The number of nitriles is 2. The van der Waals surface area contributed by atoms with Crippen molar-refractivity contribution in [2.75, 3.05) is 0 Å². The second kappa shape index (κ2) is 6.49. The molecule has 1 heterocycles. The van der Waals surface area contributed by atoms with Gasteiger partial charge in [-0.25, -0.2) is 0 Å². The first kappa shape index (κ1) is 14.9. The molecule has 0 aromatic carbocycles. The Hall–Kier alpha value is -2.09. The molecule has 1 aromatic rings. The molecular formula is C9H8BF4N3. The summed E-state index contributed by atoms with van der Waals surface area (Å²) in [5, 5.41) is 17.4. The van der Waals surface area contributed by atoms with E-state index in [1.165, 1.54) is 0 Å². The molecule has 90 valence electrons. The summed E-state index contributed by atoms with van der Waals surface area (Å²) in [5.74, 6) is 0. The van der Waals surface area contributed by atoms with Gasteiger partial charge in [0.25, 0.3) is 11.4 Å². The van der Waals surface area contributed by atoms with Crippen LogP contribution in [-0.2, 0) is 6.54 Å². The van der Waals surface area contributed by atoms with Crippen molar-refractivity contribution in [2.24, 2.45) is 0 Å². The Balaban J connectivity index is 0.000000437. The quantitative estimate of drug-likeness (QED) is 0.431. The first-order valence-corrected chi connectivity index (χ1v) is 4.53. The lowest BCUT2D eigenvalue weighted by atomic mass is 10.3. The van der Waals surface area contributed by atoms with Crippen molar-refractivity contribution in [3.8, 4) is 12.1 Å². The maximum Gasteiger partial charge on any atom is 0.673 e. The van der Waals surface area contributed by atoms with Gasteiger partial charge in [0.15, 0.2) is 12.1 Å². The van der Waals surface area contributed by atoms with Gasteiger partial charge in [-0.2, -0.15) is 15.1 Å². The molecule has 0 aliphatic heterocycles. The Kier molecular flexibility index (Phi) is 5.69. The summed E-state index contributed by atoms with van der Waals surface area (Å²) in [6.45, 7) is 2.55. The summed E-state index contributed by atoms with van der Waals surface area (Å²) in [5.41, 5.74) is 1.05. The van der Waals surface area contributed by atoms with E-state index in [1.807, 2.05) is 19.1 Å². The van der Waals surface area contributed by atoms with Crippen LogP contribution >= 0.6 is 0 Å². The smallest absolute Gasteiger partial charge is 0.418 e. The molecule has 0 unspecified atom stereocenters. The SMILES string of the molecule is CC[n+]1c(C#N)cccc1C#N.F[B-](F)(F)F. The van der Waals surface area contributed by atoms with Crippen LogP contribution in [0.25, 0.3) is 0 Å². The third-order valence-electron chi connectivity index (χ3n) is 1.64. The highest BCUT2D eigenvalue weighted by molar-refractivity contribution is 6.50. The minimum atomic E-state index is -6.00. The molecule has 0 saturated carbocycles. The Morgan fingerprint density at radius 3 is 1.71 bits per heavy atom. The summed E-state index contributed by atoms with van der Waals surface area (Å²) in [6, 6.07) is 9.18. The van der Waals surface area contributed by atoms with Crippen LogP contribution in [0.4, 0.5) is 17.3 Å². The van der Waals surface area contributed by atoms with E-state index in [0.717, 1.165) is 0 Å². The first-order valence-electron chi connectivity index (χ1n) is 4.53. The van der Waals surface area contributed by atoms with Gasteiger partial charge in [-0.3, -0.25) is 0 Å². The molecule has 8 heteroatoms. The molecule has 0 saturated heterocycles. The number of rotatable bonds is 1. The maximum atomic E-state index is 9.75. The predicted octanol–water partition coefficient (Wildman–Crippen LogP) is 2.04. The molecule has 0 bridgehead atoms. The molecular weight excluding hydrogens is 237 g/mol. The molecule has 0 amide bonds. The zero-order chi connectivity index (χ0) is 13.5. The summed E-state index contributed by atoms with van der Waals surface area (Å²) < 4.78 is 40.7. The maximum absolute atomic E-state index is 9.75. The number of hydrogen-bond acceptors (Lipinski definition) is 2. The van der Waals surface area contributed by atoms with Crippen molar-refractivity contribution in [1.82, 2.24) is 0 Å².